The van der Waals surface area contributed by atoms with Crippen LogP contribution in [-0.2, 0) is 0 Å². The van der Waals surface area contributed by atoms with E-state index < -0.39 is 0 Å². The minimum atomic E-state index is 0.0816. The second-order valence-electron chi connectivity index (χ2n) is 2.95. The lowest BCUT2D eigenvalue weighted by Gasteiger charge is -2.21. The third-order valence-corrected chi connectivity index (χ3v) is 2.35. The second-order valence-corrected chi connectivity index (χ2v) is 2.95. The van der Waals surface area contributed by atoms with E-state index in [1.54, 1.807) is 0 Å². The molecule has 2 unspecified atom stereocenters. The van der Waals surface area contributed by atoms with E-state index in [4.69, 9.17) is 5.11 Å². The van der Waals surface area contributed by atoms with Crippen LogP contribution in [0.1, 0.15) is 6.42 Å². The van der Waals surface area contributed by atoms with Gasteiger partial charge in [-0.25, -0.2) is 0 Å². The number of aliphatic hydroxyl groups is 1. The van der Waals surface area contributed by atoms with Crippen LogP contribution in [-0.4, -0.2) is 36.4 Å². The van der Waals surface area contributed by atoms with Gasteiger partial charge in [0.15, 0.2) is 0 Å². The molecule has 1 saturated carbocycles. The summed E-state index contributed by atoms with van der Waals surface area (Å²) in [6.45, 7) is 2.33. The van der Waals surface area contributed by atoms with Crippen LogP contribution in [0.3, 0.4) is 0 Å². The first-order valence-corrected chi connectivity index (χ1v) is 3.47. The standard InChI is InChI=1S/C6H12N2O/c9-4-6-3-5(6)7-1-2-8-6/h5,7-9H,1-4H2. The number of hydrogen-bond donors (Lipinski definition) is 3. The molecule has 2 atom stereocenters. The highest BCUT2D eigenvalue weighted by molar-refractivity contribution is 5.17. The van der Waals surface area contributed by atoms with Gasteiger partial charge in [-0.15, -0.1) is 0 Å². The van der Waals surface area contributed by atoms with Crippen LogP contribution >= 0.6 is 0 Å². The van der Waals surface area contributed by atoms with E-state index >= 15 is 0 Å². The zero-order chi connectivity index (χ0) is 6.32. The molecule has 3 heteroatoms. The maximum Gasteiger partial charge on any atom is 0.0629 e. The first-order chi connectivity index (χ1) is 4.37. The lowest BCUT2D eigenvalue weighted by atomic mass is 10.2. The van der Waals surface area contributed by atoms with Gasteiger partial charge in [-0.05, 0) is 6.42 Å². The number of rotatable bonds is 1. The molecule has 0 aromatic rings. The Labute approximate surface area is 54.4 Å². The molecule has 3 nitrogen and oxygen atoms in total. The van der Waals surface area contributed by atoms with Gasteiger partial charge < -0.3 is 15.7 Å². The summed E-state index contributed by atoms with van der Waals surface area (Å²) < 4.78 is 0. The highest BCUT2D eigenvalue weighted by Gasteiger charge is 2.54. The zero-order valence-corrected chi connectivity index (χ0v) is 5.35. The van der Waals surface area contributed by atoms with E-state index in [1.165, 1.54) is 0 Å². The number of nitrogens with one attached hydrogen (secondary N) is 2. The van der Waals surface area contributed by atoms with Crippen LogP contribution in [0.5, 0.6) is 0 Å². The third kappa shape index (κ3) is 0.689. The van der Waals surface area contributed by atoms with Crippen molar-refractivity contribution in [2.45, 2.75) is 18.0 Å². The molecule has 9 heavy (non-hydrogen) atoms. The maximum absolute atomic E-state index is 8.89. The van der Waals surface area contributed by atoms with E-state index in [0.717, 1.165) is 19.5 Å². The number of piperazine rings is 1. The van der Waals surface area contributed by atoms with Crippen LogP contribution < -0.4 is 10.6 Å². The van der Waals surface area contributed by atoms with Crippen LogP contribution in [0.15, 0.2) is 0 Å². The Morgan fingerprint density at radius 2 is 2.44 bits per heavy atom. The van der Waals surface area contributed by atoms with Gasteiger partial charge in [0.1, 0.15) is 0 Å². The number of fused-ring (bicyclic) bond motifs is 1. The molecule has 1 heterocycles. The van der Waals surface area contributed by atoms with Crippen LogP contribution in [0.25, 0.3) is 0 Å². The van der Waals surface area contributed by atoms with Gasteiger partial charge in [0.25, 0.3) is 0 Å². The van der Waals surface area contributed by atoms with Crippen molar-refractivity contribution < 1.29 is 5.11 Å². The van der Waals surface area contributed by atoms with E-state index in [1.807, 2.05) is 0 Å². The van der Waals surface area contributed by atoms with Gasteiger partial charge in [-0.1, -0.05) is 0 Å². The van der Waals surface area contributed by atoms with Gasteiger partial charge >= 0.3 is 0 Å². The topological polar surface area (TPSA) is 44.3 Å². The lowest BCUT2D eigenvalue weighted by molar-refractivity contribution is 0.213. The molecule has 0 bridgehead atoms. The Kier molecular flexibility index (Phi) is 1.06. The third-order valence-electron chi connectivity index (χ3n) is 2.35. The van der Waals surface area contributed by atoms with E-state index in [2.05, 4.69) is 10.6 Å². The Morgan fingerprint density at radius 3 is 3.00 bits per heavy atom. The molecule has 0 amide bonds. The SMILES string of the molecule is OCC12CC1NCCN2. The molecule has 2 fully saturated rings. The highest BCUT2D eigenvalue weighted by Crippen LogP contribution is 2.36. The fourth-order valence-electron chi connectivity index (χ4n) is 1.56. The molecular weight excluding hydrogens is 116 g/mol. The summed E-state index contributed by atoms with van der Waals surface area (Å²) in [5.74, 6) is 0. The van der Waals surface area contributed by atoms with Crippen LogP contribution in [0.2, 0.25) is 0 Å². The fraction of sp³-hybridized carbons (Fsp3) is 1.00. The summed E-state index contributed by atoms with van der Waals surface area (Å²) >= 11 is 0. The Balaban J connectivity index is 2.01. The molecular formula is C6H12N2O. The molecule has 3 N–H and O–H groups in total. The van der Waals surface area contributed by atoms with Crippen molar-refractivity contribution >= 4 is 0 Å². The molecule has 0 spiro atoms. The zero-order valence-electron chi connectivity index (χ0n) is 5.35. The highest BCUT2D eigenvalue weighted by atomic mass is 16.3. The summed E-state index contributed by atoms with van der Waals surface area (Å²) in [6, 6.07) is 0.552. The minimum absolute atomic E-state index is 0.0816. The predicted octanol–water partition coefficient (Wildman–Crippen LogP) is -1.32. The molecule has 2 aliphatic rings. The Hall–Kier alpha value is -0.120. The molecule has 1 aliphatic carbocycles. The Bertz CT molecular complexity index is 128. The monoisotopic (exact) mass is 128 g/mol. The van der Waals surface area contributed by atoms with Crippen LogP contribution in [0.4, 0.5) is 0 Å². The van der Waals surface area contributed by atoms with Crippen molar-refractivity contribution in [2.24, 2.45) is 0 Å². The molecule has 0 aromatic heterocycles. The number of aliphatic hydroxyl groups excluding tert-OH is 1. The number of hydrogen-bond acceptors (Lipinski definition) is 3. The average molecular weight is 128 g/mol. The second kappa shape index (κ2) is 1.68. The summed E-state index contributed by atoms with van der Waals surface area (Å²) in [6.07, 6.45) is 1.10. The van der Waals surface area contributed by atoms with Gasteiger partial charge in [-0.2, -0.15) is 0 Å². The molecule has 52 valence electrons. The summed E-state index contributed by atoms with van der Waals surface area (Å²) in [5.41, 5.74) is 0.0816. The summed E-state index contributed by atoms with van der Waals surface area (Å²) in [7, 11) is 0. The molecule has 1 aliphatic heterocycles. The van der Waals surface area contributed by atoms with Gasteiger partial charge in [0.05, 0.1) is 12.1 Å². The predicted molar refractivity (Wildman–Crippen MR) is 34.2 cm³/mol. The Morgan fingerprint density at radius 1 is 1.56 bits per heavy atom. The van der Waals surface area contributed by atoms with E-state index in [0.29, 0.717) is 6.04 Å². The fourth-order valence-corrected chi connectivity index (χ4v) is 1.56. The average Bonchev–Trinajstić information content (AvgIpc) is 2.62. The first kappa shape index (κ1) is 5.65. The van der Waals surface area contributed by atoms with Crippen molar-refractivity contribution in [3.8, 4) is 0 Å². The normalized spacial score (nSPS) is 48.3. The molecule has 0 aromatic carbocycles. The van der Waals surface area contributed by atoms with Gasteiger partial charge in [0.2, 0.25) is 0 Å². The molecule has 1 saturated heterocycles. The van der Waals surface area contributed by atoms with Gasteiger partial charge in [0, 0.05) is 19.1 Å². The largest absolute Gasteiger partial charge is 0.394 e. The molecule has 2 rings (SSSR count). The first-order valence-electron chi connectivity index (χ1n) is 3.47. The van der Waals surface area contributed by atoms with E-state index in [9.17, 15) is 0 Å². The maximum atomic E-state index is 8.89. The smallest absolute Gasteiger partial charge is 0.0629 e. The van der Waals surface area contributed by atoms with Crippen molar-refractivity contribution in [2.75, 3.05) is 19.7 Å². The van der Waals surface area contributed by atoms with Crippen molar-refractivity contribution in [1.82, 2.24) is 10.6 Å². The quantitative estimate of drug-likeness (QED) is 0.410. The van der Waals surface area contributed by atoms with Crippen molar-refractivity contribution in [1.29, 1.82) is 0 Å². The van der Waals surface area contributed by atoms with Crippen molar-refractivity contribution in [3.05, 3.63) is 0 Å². The van der Waals surface area contributed by atoms with Crippen molar-refractivity contribution in [3.63, 3.8) is 0 Å². The lowest BCUT2D eigenvalue weighted by Crippen LogP contribution is -2.50. The summed E-state index contributed by atoms with van der Waals surface area (Å²) in [4.78, 5) is 0. The van der Waals surface area contributed by atoms with Crippen LogP contribution in [0, 0.1) is 0 Å². The van der Waals surface area contributed by atoms with E-state index in [-0.39, 0.29) is 12.1 Å². The minimum Gasteiger partial charge on any atom is -0.394 e. The molecule has 0 radical (unpaired) electrons. The van der Waals surface area contributed by atoms with Gasteiger partial charge in [-0.3, -0.25) is 0 Å². The summed E-state index contributed by atoms with van der Waals surface area (Å²) in [5, 5.41) is 15.5.